The van der Waals surface area contributed by atoms with Crippen LogP contribution in [0.5, 0.6) is 0 Å². The van der Waals surface area contributed by atoms with Crippen molar-refractivity contribution < 1.29 is 4.79 Å². The standard InChI is InChI=1S/C19H29N5O.C6H5NO2/c1-19(2,3)12-24-15-8-9-16(20-17(15)22(5)18(24)25)23-10-13-6-7-14(11-23)21(13)4;8-4-5-1-2-6(9)7-3-5/h8-9,13-14H,6-7,10-12H2,1-5H3;1-4H,(H,7,9). The van der Waals surface area contributed by atoms with Gasteiger partial charge < -0.3 is 9.88 Å². The van der Waals surface area contributed by atoms with Gasteiger partial charge in [0.2, 0.25) is 5.56 Å². The van der Waals surface area contributed by atoms with Gasteiger partial charge in [0.1, 0.15) is 5.82 Å². The number of aldehydes is 1. The molecule has 2 aliphatic heterocycles. The van der Waals surface area contributed by atoms with Crippen LogP contribution in [0.3, 0.4) is 0 Å². The molecule has 5 heterocycles. The first-order chi connectivity index (χ1) is 16.1. The molecule has 3 aromatic rings. The molecule has 9 nitrogen and oxygen atoms in total. The molecule has 2 unspecified atom stereocenters. The third-order valence-electron chi connectivity index (χ3n) is 6.71. The van der Waals surface area contributed by atoms with Crippen LogP contribution in [0.4, 0.5) is 5.82 Å². The van der Waals surface area contributed by atoms with Crippen LogP contribution in [0.15, 0.2) is 40.1 Å². The lowest BCUT2D eigenvalue weighted by Crippen LogP contribution is -2.52. The van der Waals surface area contributed by atoms with Crippen molar-refractivity contribution >= 4 is 23.3 Å². The zero-order valence-electron chi connectivity index (χ0n) is 20.6. The van der Waals surface area contributed by atoms with Crippen LogP contribution in [0.2, 0.25) is 0 Å². The number of rotatable bonds is 3. The first-order valence-corrected chi connectivity index (χ1v) is 11.7. The summed E-state index contributed by atoms with van der Waals surface area (Å²) in [6.07, 6.45) is 4.60. The second kappa shape index (κ2) is 9.21. The number of nitrogens with one attached hydrogen (secondary N) is 1. The maximum absolute atomic E-state index is 12.7. The zero-order valence-corrected chi connectivity index (χ0v) is 20.6. The quantitative estimate of drug-likeness (QED) is 0.595. The molecule has 182 valence electrons. The molecule has 0 spiro atoms. The molecule has 2 saturated heterocycles. The van der Waals surface area contributed by atoms with Gasteiger partial charge in [0, 0.05) is 56.6 Å². The number of anilines is 1. The molecule has 2 fully saturated rings. The van der Waals surface area contributed by atoms with Gasteiger partial charge in [0.25, 0.3) is 0 Å². The van der Waals surface area contributed by atoms with Crippen molar-refractivity contribution in [2.24, 2.45) is 12.5 Å². The fourth-order valence-electron chi connectivity index (χ4n) is 4.86. The molecule has 1 N–H and O–H groups in total. The topological polar surface area (TPSA) is 96.2 Å². The molecule has 2 bridgehead atoms. The van der Waals surface area contributed by atoms with Crippen molar-refractivity contribution in [3.8, 4) is 0 Å². The van der Waals surface area contributed by atoms with Crippen LogP contribution in [0.25, 0.3) is 11.2 Å². The molecule has 3 aromatic heterocycles. The third kappa shape index (κ3) is 4.84. The zero-order chi connectivity index (χ0) is 24.6. The highest BCUT2D eigenvalue weighted by Gasteiger charge is 2.38. The van der Waals surface area contributed by atoms with Crippen LogP contribution >= 0.6 is 0 Å². The normalized spacial score (nSPS) is 20.3. The fraction of sp³-hybridized carbons (Fsp3) is 0.520. The number of hydrogen-bond donors (Lipinski definition) is 1. The average molecular weight is 467 g/mol. The Kier molecular flexibility index (Phi) is 6.49. The highest BCUT2D eigenvalue weighted by molar-refractivity contribution is 5.74. The van der Waals surface area contributed by atoms with Gasteiger partial charge in [-0.1, -0.05) is 20.8 Å². The number of aromatic nitrogens is 4. The Morgan fingerprint density at radius 1 is 1.06 bits per heavy atom. The maximum Gasteiger partial charge on any atom is 0.330 e. The van der Waals surface area contributed by atoms with Gasteiger partial charge in [-0.2, -0.15) is 0 Å². The largest absolute Gasteiger partial charge is 0.353 e. The summed E-state index contributed by atoms with van der Waals surface area (Å²) in [6, 6.07) is 8.20. The van der Waals surface area contributed by atoms with Gasteiger partial charge >= 0.3 is 5.69 Å². The molecule has 0 saturated carbocycles. The number of likely N-dealkylation sites (N-methyl/N-ethyl adjacent to an activating group) is 1. The molecule has 0 aliphatic carbocycles. The van der Waals surface area contributed by atoms with Crippen LogP contribution in [-0.2, 0) is 13.6 Å². The molecule has 0 amide bonds. The number of H-pyrrole nitrogens is 1. The fourth-order valence-corrected chi connectivity index (χ4v) is 4.86. The Morgan fingerprint density at radius 2 is 1.74 bits per heavy atom. The molecule has 5 rings (SSSR count). The molecule has 0 radical (unpaired) electrons. The molecular weight excluding hydrogens is 432 g/mol. The van der Waals surface area contributed by atoms with E-state index in [2.05, 4.69) is 54.7 Å². The Hall–Kier alpha value is -3.20. The van der Waals surface area contributed by atoms with E-state index in [0.717, 1.165) is 30.1 Å². The summed E-state index contributed by atoms with van der Waals surface area (Å²) in [6.45, 7) is 9.22. The number of aryl methyl sites for hydroxylation is 1. The van der Waals surface area contributed by atoms with Gasteiger partial charge in [0.05, 0.1) is 5.52 Å². The molecule has 2 aliphatic rings. The van der Waals surface area contributed by atoms with Crippen LogP contribution < -0.4 is 16.1 Å². The monoisotopic (exact) mass is 466 g/mol. The van der Waals surface area contributed by atoms with Crippen LogP contribution in [0.1, 0.15) is 44.0 Å². The lowest BCUT2D eigenvalue weighted by Gasteiger charge is -2.39. The second-order valence-corrected chi connectivity index (χ2v) is 10.6. The predicted molar refractivity (Wildman–Crippen MR) is 134 cm³/mol. The van der Waals surface area contributed by atoms with E-state index in [1.54, 1.807) is 4.57 Å². The van der Waals surface area contributed by atoms with E-state index in [-0.39, 0.29) is 16.7 Å². The Morgan fingerprint density at radius 3 is 2.29 bits per heavy atom. The maximum atomic E-state index is 12.7. The molecule has 2 atom stereocenters. The lowest BCUT2D eigenvalue weighted by molar-refractivity contribution is 0.112. The molecule has 9 heteroatoms. The summed E-state index contributed by atoms with van der Waals surface area (Å²) in [4.78, 5) is 45.2. The highest BCUT2D eigenvalue weighted by Crippen LogP contribution is 2.31. The summed E-state index contributed by atoms with van der Waals surface area (Å²) in [7, 11) is 4.07. The summed E-state index contributed by atoms with van der Waals surface area (Å²) in [5, 5.41) is 0. The van der Waals surface area contributed by atoms with E-state index in [9.17, 15) is 14.4 Å². The molecular formula is C25H34N6O3. The minimum Gasteiger partial charge on any atom is -0.353 e. The van der Waals surface area contributed by atoms with Crippen LogP contribution in [0, 0.1) is 5.41 Å². The number of fused-ring (bicyclic) bond motifs is 3. The third-order valence-corrected chi connectivity index (χ3v) is 6.71. The number of nitrogens with zero attached hydrogens (tertiary/aromatic N) is 5. The van der Waals surface area contributed by atoms with Gasteiger partial charge in [-0.3, -0.25) is 23.6 Å². The van der Waals surface area contributed by atoms with Crippen molar-refractivity contribution in [3.05, 3.63) is 56.9 Å². The number of imidazole rings is 1. The lowest BCUT2D eigenvalue weighted by atomic mass is 9.97. The van der Waals surface area contributed by atoms with Crippen molar-refractivity contribution in [3.63, 3.8) is 0 Å². The van der Waals surface area contributed by atoms with E-state index in [1.165, 1.54) is 31.2 Å². The number of piperazine rings is 1. The van der Waals surface area contributed by atoms with E-state index >= 15 is 0 Å². The van der Waals surface area contributed by atoms with Crippen molar-refractivity contribution in [1.82, 2.24) is 24.0 Å². The van der Waals surface area contributed by atoms with Crippen molar-refractivity contribution in [2.45, 2.75) is 52.2 Å². The van der Waals surface area contributed by atoms with E-state index < -0.39 is 0 Å². The summed E-state index contributed by atoms with van der Waals surface area (Å²) < 4.78 is 3.55. The van der Waals surface area contributed by atoms with E-state index in [4.69, 9.17) is 4.98 Å². The van der Waals surface area contributed by atoms with Crippen LogP contribution in [-0.4, -0.2) is 62.5 Å². The Labute approximate surface area is 199 Å². The number of hydrogen-bond acceptors (Lipinski definition) is 6. The van der Waals surface area contributed by atoms with Gasteiger partial charge in [-0.25, -0.2) is 9.78 Å². The van der Waals surface area contributed by atoms with E-state index in [0.29, 0.717) is 30.5 Å². The summed E-state index contributed by atoms with van der Waals surface area (Å²) in [5.74, 6) is 1.00. The number of carbonyl (C=O) groups is 1. The minimum absolute atomic E-state index is 0.0213. The average Bonchev–Trinajstić information content (AvgIpc) is 3.13. The van der Waals surface area contributed by atoms with Crippen molar-refractivity contribution in [1.29, 1.82) is 0 Å². The van der Waals surface area contributed by atoms with Gasteiger partial charge in [0.15, 0.2) is 11.9 Å². The Bertz CT molecular complexity index is 1260. The minimum atomic E-state index is -0.194. The number of aromatic amines is 1. The highest BCUT2D eigenvalue weighted by atomic mass is 16.2. The number of pyridine rings is 2. The smallest absolute Gasteiger partial charge is 0.330 e. The molecule has 34 heavy (non-hydrogen) atoms. The van der Waals surface area contributed by atoms with Gasteiger partial charge in [-0.15, -0.1) is 0 Å². The first-order valence-electron chi connectivity index (χ1n) is 11.7. The predicted octanol–water partition coefficient (Wildman–Crippen LogP) is 2.25. The SMILES string of the molecule is CN1C2CCC1CN(c1ccc3c(n1)n(C)c(=O)n3CC(C)(C)C)C2.O=Cc1ccc(=O)[nH]c1. The number of carbonyl (C=O) groups excluding carboxylic acids is 1. The first kappa shape index (κ1) is 23.9. The second-order valence-electron chi connectivity index (χ2n) is 10.6. The van der Waals surface area contributed by atoms with E-state index in [1.807, 2.05) is 11.6 Å². The Balaban J connectivity index is 0.000000257. The van der Waals surface area contributed by atoms with Gasteiger partial charge in [-0.05, 0) is 43.5 Å². The summed E-state index contributed by atoms with van der Waals surface area (Å²) >= 11 is 0. The molecule has 0 aromatic carbocycles. The van der Waals surface area contributed by atoms with Crippen molar-refractivity contribution in [2.75, 3.05) is 25.0 Å². The summed E-state index contributed by atoms with van der Waals surface area (Å²) in [5.41, 5.74) is 2.08.